The lowest BCUT2D eigenvalue weighted by atomic mass is 10.1. The lowest BCUT2D eigenvalue weighted by molar-refractivity contribution is 0.338. The van der Waals surface area contributed by atoms with Crippen molar-refractivity contribution in [3.05, 3.63) is 0 Å². The fourth-order valence-corrected chi connectivity index (χ4v) is 1.64. The van der Waals surface area contributed by atoms with E-state index < -0.39 is 0 Å². The molecule has 0 aliphatic carbocycles. The number of nitrogens with one attached hydrogen (secondary N) is 1. The SMILES string of the molecule is CCCCCCC(C)NCCN(C)CC. The first kappa shape index (κ1) is 14.9. The van der Waals surface area contributed by atoms with Crippen LogP contribution in [-0.2, 0) is 0 Å². The average molecular weight is 214 g/mol. The zero-order valence-electron chi connectivity index (χ0n) is 11.2. The highest BCUT2D eigenvalue weighted by Gasteiger charge is 2.01. The number of hydrogen-bond acceptors (Lipinski definition) is 2. The molecule has 0 bridgehead atoms. The summed E-state index contributed by atoms with van der Waals surface area (Å²) in [5.41, 5.74) is 0. The van der Waals surface area contributed by atoms with Crippen molar-refractivity contribution < 1.29 is 0 Å². The van der Waals surface area contributed by atoms with Gasteiger partial charge >= 0.3 is 0 Å². The monoisotopic (exact) mass is 214 g/mol. The number of unbranched alkanes of at least 4 members (excludes halogenated alkanes) is 3. The summed E-state index contributed by atoms with van der Waals surface area (Å²) in [5, 5.41) is 3.58. The van der Waals surface area contributed by atoms with E-state index in [1.165, 1.54) is 32.1 Å². The molecule has 0 saturated carbocycles. The Morgan fingerprint density at radius 3 is 2.47 bits per heavy atom. The molecule has 1 N–H and O–H groups in total. The average Bonchev–Trinajstić information content (AvgIpc) is 2.24. The molecule has 2 nitrogen and oxygen atoms in total. The third-order valence-corrected chi connectivity index (χ3v) is 3.02. The third kappa shape index (κ3) is 10.2. The maximum absolute atomic E-state index is 3.58. The van der Waals surface area contributed by atoms with Crippen molar-refractivity contribution in [3.8, 4) is 0 Å². The Morgan fingerprint density at radius 2 is 1.87 bits per heavy atom. The van der Waals surface area contributed by atoms with E-state index in [2.05, 4.69) is 38.0 Å². The van der Waals surface area contributed by atoms with Crippen LogP contribution in [-0.4, -0.2) is 37.6 Å². The van der Waals surface area contributed by atoms with Gasteiger partial charge in [0.15, 0.2) is 0 Å². The molecule has 0 saturated heterocycles. The minimum atomic E-state index is 0.687. The lowest BCUT2D eigenvalue weighted by Crippen LogP contribution is -2.34. The Bertz CT molecular complexity index is 126. The fourth-order valence-electron chi connectivity index (χ4n) is 1.64. The molecule has 0 amide bonds. The highest BCUT2D eigenvalue weighted by Crippen LogP contribution is 2.04. The van der Waals surface area contributed by atoms with E-state index in [9.17, 15) is 0 Å². The van der Waals surface area contributed by atoms with Crippen LogP contribution in [0.4, 0.5) is 0 Å². The number of likely N-dealkylation sites (N-methyl/N-ethyl adjacent to an activating group) is 1. The van der Waals surface area contributed by atoms with Crippen LogP contribution in [0, 0.1) is 0 Å². The molecule has 1 atom stereocenters. The summed E-state index contributed by atoms with van der Waals surface area (Å²) in [6, 6.07) is 0.687. The van der Waals surface area contributed by atoms with E-state index in [0.717, 1.165) is 19.6 Å². The van der Waals surface area contributed by atoms with Crippen molar-refractivity contribution in [1.82, 2.24) is 10.2 Å². The van der Waals surface area contributed by atoms with Gasteiger partial charge in [-0.05, 0) is 26.9 Å². The van der Waals surface area contributed by atoms with Crippen molar-refractivity contribution >= 4 is 0 Å². The molecule has 1 unspecified atom stereocenters. The van der Waals surface area contributed by atoms with Gasteiger partial charge in [-0.2, -0.15) is 0 Å². The van der Waals surface area contributed by atoms with Crippen molar-refractivity contribution in [2.45, 2.75) is 58.9 Å². The first-order chi connectivity index (χ1) is 7.20. The normalized spacial score (nSPS) is 13.4. The first-order valence-corrected chi connectivity index (χ1v) is 6.62. The van der Waals surface area contributed by atoms with Gasteiger partial charge in [0.05, 0.1) is 0 Å². The molecule has 0 heterocycles. The minimum absolute atomic E-state index is 0.687. The zero-order chi connectivity index (χ0) is 11.5. The largest absolute Gasteiger partial charge is 0.313 e. The smallest absolute Gasteiger partial charge is 0.0104 e. The van der Waals surface area contributed by atoms with E-state index in [-0.39, 0.29) is 0 Å². The molecule has 15 heavy (non-hydrogen) atoms. The molecule has 0 spiro atoms. The van der Waals surface area contributed by atoms with Crippen LogP contribution in [0.3, 0.4) is 0 Å². The Labute approximate surface area is 96.4 Å². The molecule has 0 radical (unpaired) electrons. The summed E-state index contributed by atoms with van der Waals surface area (Å²) in [6.45, 7) is 10.2. The van der Waals surface area contributed by atoms with Gasteiger partial charge in [-0.25, -0.2) is 0 Å². The second-order valence-electron chi connectivity index (χ2n) is 4.60. The van der Waals surface area contributed by atoms with Gasteiger partial charge in [0, 0.05) is 19.1 Å². The van der Waals surface area contributed by atoms with E-state index in [1.54, 1.807) is 0 Å². The number of nitrogens with zero attached hydrogens (tertiary/aromatic N) is 1. The van der Waals surface area contributed by atoms with E-state index in [0.29, 0.717) is 6.04 Å². The number of hydrogen-bond donors (Lipinski definition) is 1. The van der Waals surface area contributed by atoms with Crippen LogP contribution in [0.5, 0.6) is 0 Å². The summed E-state index contributed by atoms with van der Waals surface area (Å²) in [7, 11) is 2.17. The summed E-state index contributed by atoms with van der Waals surface area (Å²) < 4.78 is 0. The molecular weight excluding hydrogens is 184 g/mol. The second-order valence-corrected chi connectivity index (χ2v) is 4.60. The molecule has 0 aliphatic rings. The zero-order valence-corrected chi connectivity index (χ0v) is 11.2. The molecule has 2 heteroatoms. The minimum Gasteiger partial charge on any atom is -0.313 e. The Balaban J connectivity index is 3.21. The van der Waals surface area contributed by atoms with Gasteiger partial charge in [-0.15, -0.1) is 0 Å². The standard InChI is InChI=1S/C13H30N2/c1-5-7-8-9-10-13(3)14-11-12-15(4)6-2/h13-14H,5-12H2,1-4H3. The van der Waals surface area contributed by atoms with Gasteiger partial charge < -0.3 is 10.2 Å². The lowest BCUT2D eigenvalue weighted by Gasteiger charge is -2.17. The summed E-state index contributed by atoms with van der Waals surface area (Å²) in [4.78, 5) is 2.34. The Morgan fingerprint density at radius 1 is 1.13 bits per heavy atom. The quantitative estimate of drug-likeness (QED) is 0.563. The molecule has 92 valence electrons. The van der Waals surface area contributed by atoms with Crippen molar-refractivity contribution in [2.75, 3.05) is 26.7 Å². The van der Waals surface area contributed by atoms with Crippen LogP contribution in [0.15, 0.2) is 0 Å². The predicted octanol–water partition coefficient (Wildman–Crippen LogP) is 2.89. The Hall–Kier alpha value is -0.0800. The van der Waals surface area contributed by atoms with Gasteiger partial charge in [0.1, 0.15) is 0 Å². The van der Waals surface area contributed by atoms with Crippen LogP contribution >= 0.6 is 0 Å². The van der Waals surface area contributed by atoms with Gasteiger partial charge in [-0.1, -0.05) is 39.5 Å². The van der Waals surface area contributed by atoms with Crippen molar-refractivity contribution in [1.29, 1.82) is 0 Å². The van der Waals surface area contributed by atoms with Crippen LogP contribution in [0.1, 0.15) is 52.9 Å². The van der Waals surface area contributed by atoms with Gasteiger partial charge in [-0.3, -0.25) is 0 Å². The maximum Gasteiger partial charge on any atom is 0.0104 e. The van der Waals surface area contributed by atoms with Crippen LogP contribution < -0.4 is 5.32 Å². The van der Waals surface area contributed by atoms with E-state index >= 15 is 0 Å². The molecule has 0 aromatic carbocycles. The van der Waals surface area contributed by atoms with Crippen LogP contribution in [0.25, 0.3) is 0 Å². The van der Waals surface area contributed by atoms with Gasteiger partial charge in [0.25, 0.3) is 0 Å². The summed E-state index contributed by atoms with van der Waals surface area (Å²) in [6.07, 6.45) is 6.84. The highest BCUT2D eigenvalue weighted by molar-refractivity contribution is 4.62. The molecule has 0 aromatic rings. The van der Waals surface area contributed by atoms with Crippen LogP contribution in [0.2, 0.25) is 0 Å². The van der Waals surface area contributed by atoms with Gasteiger partial charge in [0.2, 0.25) is 0 Å². The van der Waals surface area contributed by atoms with Crippen molar-refractivity contribution in [3.63, 3.8) is 0 Å². The third-order valence-electron chi connectivity index (χ3n) is 3.02. The first-order valence-electron chi connectivity index (χ1n) is 6.62. The topological polar surface area (TPSA) is 15.3 Å². The summed E-state index contributed by atoms with van der Waals surface area (Å²) >= 11 is 0. The second kappa shape index (κ2) is 10.4. The predicted molar refractivity (Wildman–Crippen MR) is 69.4 cm³/mol. The fraction of sp³-hybridized carbons (Fsp3) is 1.00. The molecule has 0 rings (SSSR count). The molecular formula is C13H30N2. The molecule has 0 aromatic heterocycles. The maximum atomic E-state index is 3.58. The van der Waals surface area contributed by atoms with E-state index in [1.807, 2.05) is 0 Å². The molecule has 0 aliphatic heterocycles. The highest BCUT2D eigenvalue weighted by atomic mass is 15.1. The van der Waals surface area contributed by atoms with Crippen molar-refractivity contribution in [2.24, 2.45) is 0 Å². The summed E-state index contributed by atoms with van der Waals surface area (Å²) in [5.74, 6) is 0. The molecule has 0 fully saturated rings. The Kier molecular flexibility index (Phi) is 10.4. The number of rotatable bonds is 10. The van der Waals surface area contributed by atoms with E-state index in [4.69, 9.17) is 0 Å².